The van der Waals surface area contributed by atoms with E-state index in [0.29, 0.717) is 12.1 Å². The molecule has 0 bridgehead atoms. The normalized spacial score (nSPS) is 11.2. The van der Waals surface area contributed by atoms with E-state index >= 15 is 0 Å². The number of aliphatic hydroxyl groups excluding tert-OH is 1. The fourth-order valence-electron chi connectivity index (χ4n) is 2.79. The number of aliphatic hydroxyl groups is 1. The summed E-state index contributed by atoms with van der Waals surface area (Å²) >= 11 is 0. The number of unbranched alkanes of at least 4 members (excludes halogenated alkanes) is 1. The zero-order valence-electron chi connectivity index (χ0n) is 12.7. The Labute approximate surface area is 125 Å². The molecule has 2 N–H and O–H groups in total. The van der Waals surface area contributed by atoms with Gasteiger partial charge < -0.3 is 14.8 Å². The molecule has 2 rings (SSSR count). The summed E-state index contributed by atoms with van der Waals surface area (Å²) in [4.78, 5) is 11.6. The average Bonchev–Trinajstić information content (AvgIpc) is 2.82. The van der Waals surface area contributed by atoms with Crippen LogP contribution in [0.15, 0.2) is 18.3 Å². The fraction of sp³-hybridized carbons (Fsp3) is 0.471. The van der Waals surface area contributed by atoms with Crippen molar-refractivity contribution in [2.75, 3.05) is 6.61 Å². The molecule has 2 aromatic rings. The molecule has 1 aromatic heterocycles. The second-order valence-corrected chi connectivity index (χ2v) is 5.37. The highest BCUT2D eigenvalue weighted by molar-refractivity contribution is 6.03. The minimum atomic E-state index is -0.908. The minimum Gasteiger partial charge on any atom is -0.478 e. The van der Waals surface area contributed by atoms with Gasteiger partial charge in [0.2, 0.25) is 0 Å². The number of fused-ring (bicyclic) bond motifs is 1. The van der Waals surface area contributed by atoms with Crippen molar-refractivity contribution >= 4 is 16.9 Å². The third-order valence-electron chi connectivity index (χ3n) is 3.89. The second-order valence-electron chi connectivity index (χ2n) is 5.37. The Morgan fingerprint density at radius 1 is 1.29 bits per heavy atom. The number of benzene rings is 1. The largest absolute Gasteiger partial charge is 0.478 e. The molecule has 0 aliphatic carbocycles. The molecule has 0 fully saturated rings. The van der Waals surface area contributed by atoms with E-state index in [0.717, 1.165) is 42.1 Å². The number of aromatic carboxylic acids is 1. The van der Waals surface area contributed by atoms with E-state index in [-0.39, 0.29) is 6.61 Å². The van der Waals surface area contributed by atoms with Crippen LogP contribution in [0.3, 0.4) is 0 Å². The molecule has 1 heterocycles. The highest BCUT2D eigenvalue weighted by Gasteiger charge is 2.17. The topological polar surface area (TPSA) is 62.5 Å². The summed E-state index contributed by atoms with van der Waals surface area (Å²) in [6.45, 7) is 4.61. The van der Waals surface area contributed by atoms with E-state index in [4.69, 9.17) is 0 Å². The standard InChI is InChI=1S/C17H23NO3/c1-3-5-6-13-11-18(7-8-19)16-14(13)9-12(4-2)10-15(16)17(20)21/h9-11,19H,3-8H2,1-2H3,(H,20,21). The number of hydrogen-bond acceptors (Lipinski definition) is 2. The predicted octanol–water partition coefficient (Wildman–Crippen LogP) is 3.24. The molecule has 4 nitrogen and oxygen atoms in total. The van der Waals surface area contributed by atoms with Crippen molar-refractivity contribution in [1.82, 2.24) is 4.57 Å². The van der Waals surface area contributed by atoms with Crippen molar-refractivity contribution in [3.05, 3.63) is 35.0 Å². The first-order chi connectivity index (χ1) is 10.1. The Morgan fingerprint density at radius 3 is 2.62 bits per heavy atom. The van der Waals surface area contributed by atoms with Crippen LogP contribution in [0.25, 0.3) is 10.9 Å². The summed E-state index contributed by atoms with van der Waals surface area (Å²) in [6, 6.07) is 3.85. The monoisotopic (exact) mass is 289 g/mol. The van der Waals surface area contributed by atoms with Crippen molar-refractivity contribution in [2.24, 2.45) is 0 Å². The molecule has 0 spiro atoms. The van der Waals surface area contributed by atoms with E-state index in [1.807, 2.05) is 17.7 Å². The number of aryl methyl sites for hydroxylation is 2. The van der Waals surface area contributed by atoms with E-state index in [9.17, 15) is 15.0 Å². The first-order valence-corrected chi connectivity index (χ1v) is 7.61. The predicted molar refractivity (Wildman–Crippen MR) is 84.0 cm³/mol. The average molecular weight is 289 g/mol. The van der Waals surface area contributed by atoms with Crippen LogP contribution in [0.4, 0.5) is 0 Å². The second kappa shape index (κ2) is 6.76. The molecule has 0 atom stereocenters. The van der Waals surface area contributed by atoms with Crippen LogP contribution in [0.2, 0.25) is 0 Å². The van der Waals surface area contributed by atoms with Crippen LogP contribution in [0.1, 0.15) is 48.2 Å². The van der Waals surface area contributed by atoms with Gasteiger partial charge in [-0.25, -0.2) is 4.79 Å². The number of nitrogens with zero attached hydrogens (tertiary/aromatic N) is 1. The van der Waals surface area contributed by atoms with Crippen LogP contribution >= 0.6 is 0 Å². The molecule has 21 heavy (non-hydrogen) atoms. The van der Waals surface area contributed by atoms with Gasteiger partial charge in [0.1, 0.15) is 0 Å². The van der Waals surface area contributed by atoms with Crippen molar-refractivity contribution < 1.29 is 15.0 Å². The van der Waals surface area contributed by atoms with Gasteiger partial charge in [-0.15, -0.1) is 0 Å². The SMILES string of the molecule is CCCCc1cn(CCO)c2c(C(=O)O)cc(CC)cc12. The van der Waals surface area contributed by atoms with Crippen LogP contribution in [0, 0.1) is 0 Å². The van der Waals surface area contributed by atoms with Crippen LogP contribution in [-0.2, 0) is 19.4 Å². The molecule has 0 unspecified atom stereocenters. The zero-order chi connectivity index (χ0) is 15.4. The molecule has 0 saturated carbocycles. The lowest BCUT2D eigenvalue weighted by molar-refractivity contribution is 0.0698. The van der Waals surface area contributed by atoms with Crippen molar-refractivity contribution in [1.29, 1.82) is 0 Å². The molecule has 0 amide bonds. The molecule has 0 aliphatic heterocycles. The highest BCUT2D eigenvalue weighted by Crippen LogP contribution is 2.28. The maximum atomic E-state index is 11.6. The van der Waals surface area contributed by atoms with Gasteiger partial charge in [-0.2, -0.15) is 0 Å². The van der Waals surface area contributed by atoms with E-state index < -0.39 is 5.97 Å². The maximum absolute atomic E-state index is 11.6. The Hall–Kier alpha value is -1.81. The van der Waals surface area contributed by atoms with E-state index in [1.54, 1.807) is 6.07 Å². The number of carboxylic acids is 1. The Morgan fingerprint density at radius 2 is 2.05 bits per heavy atom. The number of aromatic nitrogens is 1. The lowest BCUT2D eigenvalue weighted by Crippen LogP contribution is -2.06. The quantitative estimate of drug-likeness (QED) is 0.822. The van der Waals surface area contributed by atoms with Crippen LogP contribution in [-0.4, -0.2) is 27.4 Å². The maximum Gasteiger partial charge on any atom is 0.337 e. The van der Waals surface area contributed by atoms with Crippen LogP contribution in [0.5, 0.6) is 0 Å². The summed E-state index contributed by atoms with van der Waals surface area (Å²) in [6.07, 6.45) is 5.94. The molecular weight excluding hydrogens is 266 g/mol. The number of rotatable bonds is 7. The molecule has 1 aromatic carbocycles. The third kappa shape index (κ3) is 3.10. The molecule has 0 radical (unpaired) electrons. The van der Waals surface area contributed by atoms with Gasteiger partial charge in [0.25, 0.3) is 0 Å². The summed E-state index contributed by atoms with van der Waals surface area (Å²) in [5.74, 6) is -0.908. The van der Waals surface area contributed by atoms with Gasteiger partial charge in [-0.05, 0) is 42.5 Å². The zero-order valence-corrected chi connectivity index (χ0v) is 12.7. The first-order valence-electron chi connectivity index (χ1n) is 7.61. The van der Waals surface area contributed by atoms with Gasteiger partial charge in [-0.3, -0.25) is 0 Å². The molecule has 0 aliphatic rings. The minimum absolute atomic E-state index is 0.00554. The van der Waals surface area contributed by atoms with Gasteiger partial charge in [0.05, 0.1) is 17.7 Å². The number of carbonyl (C=O) groups is 1. The Kier molecular flexibility index (Phi) is 5.02. The van der Waals surface area contributed by atoms with Gasteiger partial charge in [-0.1, -0.05) is 20.3 Å². The Bertz CT molecular complexity index is 643. The highest BCUT2D eigenvalue weighted by atomic mass is 16.4. The van der Waals surface area contributed by atoms with E-state index in [2.05, 4.69) is 13.0 Å². The lowest BCUT2D eigenvalue weighted by Gasteiger charge is -2.08. The number of carboxylic acid groups (broad SMARTS) is 1. The summed E-state index contributed by atoms with van der Waals surface area (Å²) in [5, 5.41) is 19.8. The van der Waals surface area contributed by atoms with Crippen LogP contribution < -0.4 is 0 Å². The molecular formula is C17H23NO3. The summed E-state index contributed by atoms with van der Waals surface area (Å²) in [5.41, 5.74) is 3.29. The molecule has 114 valence electrons. The summed E-state index contributed by atoms with van der Waals surface area (Å²) in [7, 11) is 0. The third-order valence-corrected chi connectivity index (χ3v) is 3.89. The van der Waals surface area contributed by atoms with E-state index in [1.165, 1.54) is 5.56 Å². The van der Waals surface area contributed by atoms with Gasteiger partial charge in [0.15, 0.2) is 0 Å². The lowest BCUT2D eigenvalue weighted by atomic mass is 10.0. The molecule has 0 saturated heterocycles. The molecule has 4 heteroatoms. The number of hydrogen-bond donors (Lipinski definition) is 2. The Balaban J connectivity index is 2.69. The smallest absolute Gasteiger partial charge is 0.337 e. The van der Waals surface area contributed by atoms with Gasteiger partial charge >= 0.3 is 5.97 Å². The van der Waals surface area contributed by atoms with Crippen molar-refractivity contribution in [3.8, 4) is 0 Å². The van der Waals surface area contributed by atoms with Crippen molar-refractivity contribution in [3.63, 3.8) is 0 Å². The fourth-order valence-corrected chi connectivity index (χ4v) is 2.79. The van der Waals surface area contributed by atoms with Crippen molar-refractivity contribution in [2.45, 2.75) is 46.1 Å². The first kappa shape index (κ1) is 15.6. The van der Waals surface area contributed by atoms with Gasteiger partial charge in [0, 0.05) is 18.1 Å². The summed E-state index contributed by atoms with van der Waals surface area (Å²) < 4.78 is 1.88.